The minimum absolute atomic E-state index is 0.348. The molecule has 13 heavy (non-hydrogen) atoms. The van der Waals surface area contributed by atoms with Gasteiger partial charge in [-0.2, -0.15) is 0 Å². The van der Waals surface area contributed by atoms with Crippen molar-refractivity contribution >= 4 is 5.78 Å². The van der Waals surface area contributed by atoms with E-state index in [2.05, 4.69) is 13.0 Å². The van der Waals surface area contributed by atoms with E-state index < -0.39 is 0 Å². The molecule has 0 radical (unpaired) electrons. The number of unbranched alkanes of at least 4 members (excludes halogenated alkanes) is 2. The zero-order valence-corrected chi connectivity index (χ0v) is 8.38. The maximum Gasteiger partial charge on any atom is 0.159 e. The SMILES string of the molecule is CCCCCC1=CC=CCCC1=O. The molecule has 0 spiro atoms. The normalized spacial score (nSPS) is 17.0. The van der Waals surface area contributed by atoms with Gasteiger partial charge in [-0.15, -0.1) is 0 Å². The summed E-state index contributed by atoms with van der Waals surface area (Å²) in [6.45, 7) is 2.18. The lowest BCUT2D eigenvalue weighted by atomic mass is 10.0. The summed E-state index contributed by atoms with van der Waals surface area (Å²) in [7, 11) is 0. The number of hydrogen-bond acceptors (Lipinski definition) is 1. The Balaban J connectivity index is 2.41. The zero-order valence-electron chi connectivity index (χ0n) is 8.38. The predicted octanol–water partition coefficient (Wildman–Crippen LogP) is 3.41. The summed E-state index contributed by atoms with van der Waals surface area (Å²) in [4.78, 5) is 11.5. The minimum Gasteiger partial charge on any atom is -0.295 e. The van der Waals surface area contributed by atoms with Crippen LogP contribution in [0.2, 0.25) is 0 Å². The first-order chi connectivity index (χ1) is 6.34. The van der Waals surface area contributed by atoms with Crippen LogP contribution in [0.15, 0.2) is 23.8 Å². The van der Waals surface area contributed by atoms with Crippen LogP contribution in [0.3, 0.4) is 0 Å². The van der Waals surface area contributed by atoms with Crippen molar-refractivity contribution in [2.45, 2.75) is 45.4 Å². The highest BCUT2D eigenvalue weighted by Crippen LogP contribution is 2.15. The van der Waals surface area contributed by atoms with Gasteiger partial charge in [-0.1, -0.05) is 38.0 Å². The molecule has 0 heterocycles. The number of rotatable bonds is 4. The second-order valence-corrected chi connectivity index (χ2v) is 3.54. The fourth-order valence-electron chi connectivity index (χ4n) is 1.54. The number of ketones is 1. The molecule has 0 aromatic rings. The monoisotopic (exact) mass is 178 g/mol. The Labute approximate surface area is 80.5 Å². The van der Waals surface area contributed by atoms with Crippen molar-refractivity contribution in [1.82, 2.24) is 0 Å². The van der Waals surface area contributed by atoms with E-state index in [-0.39, 0.29) is 0 Å². The molecule has 72 valence electrons. The summed E-state index contributed by atoms with van der Waals surface area (Å²) in [5.74, 6) is 0.348. The lowest BCUT2D eigenvalue weighted by Crippen LogP contribution is -2.00. The van der Waals surface area contributed by atoms with Crippen LogP contribution >= 0.6 is 0 Å². The highest BCUT2D eigenvalue weighted by atomic mass is 16.1. The second-order valence-electron chi connectivity index (χ2n) is 3.54. The summed E-state index contributed by atoms with van der Waals surface area (Å²) in [6, 6.07) is 0. The highest BCUT2D eigenvalue weighted by molar-refractivity contribution is 5.95. The van der Waals surface area contributed by atoms with Crippen LogP contribution in [-0.4, -0.2) is 5.78 Å². The fraction of sp³-hybridized carbons (Fsp3) is 0.583. The first-order valence-electron chi connectivity index (χ1n) is 5.23. The number of Topliss-reactive ketones (excluding diaryl/α,β-unsaturated/α-hetero) is 1. The van der Waals surface area contributed by atoms with Gasteiger partial charge < -0.3 is 0 Å². The molecule has 0 atom stereocenters. The summed E-state index contributed by atoms with van der Waals surface area (Å²) in [5.41, 5.74) is 1.03. The number of carbonyl (C=O) groups excluding carboxylic acids is 1. The molecule has 1 rings (SSSR count). The van der Waals surface area contributed by atoms with Gasteiger partial charge in [0.25, 0.3) is 0 Å². The molecule has 0 aromatic heterocycles. The molecular weight excluding hydrogens is 160 g/mol. The van der Waals surface area contributed by atoms with E-state index in [0.29, 0.717) is 12.2 Å². The second kappa shape index (κ2) is 5.74. The van der Waals surface area contributed by atoms with Gasteiger partial charge in [0.2, 0.25) is 0 Å². The number of allylic oxidation sites excluding steroid dienone is 4. The predicted molar refractivity (Wildman–Crippen MR) is 55.6 cm³/mol. The standard InChI is InChI=1S/C12H18O/c1-2-3-5-8-11-9-6-4-7-10-12(11)13/h4,6,9H,2-3,5,7-8,10H2,1H3. The summed E-state index contributed by atoms with van der Waals surface area (Å²) in [6.07, 6.45) is 12.3. The van der Waals surface area contributed by atoms with Crippen molar-refractivity contribution in [1.29, 1.82) is 0 Å². The molecule has 0 saturated carbocycles. The zero-order chi connectivity index (χ0) is 9.52. The first kappa shape index (κ1) is 10.2. The Morgan fingerprint density at radius 2 is 2.23 bits per heavy atom. The summed E-state index contributed by atoms with van der Waals surface area (Å²) < 4.78 is 0. The van der Waals surface area contributed by atoms with E-state index in [1.54, 1.807) is 0 Å². The van der Waals surface area contributed by atoms with Gasteiger partial charge in [0.1, 0.15) is 0 Å². The summed E-state index contributed by atoms with van der Waals surface area (Å²) >= 11 is 0. The van der Waals surface area contributed by atoms with Crippen LogP contribution in [-0.2, 0) is 4.79 Å². The fourth-order valence-corrected chi connectivity index (χ4v) is 1.54. The first-order valence-corrected chi connectivity index (χ1v) is 5.23. The lowest BCUT2D eigenvalue weighted by Gasteiger charge is -2.02. The van der Waals surface area contributed by atoms with Gasteiger partial charge in [0.05, 0.1) is 0 Å². The third-order valence-electron chi connectivity index (χ3n) is 2.38. The van der Waals surface area contributed by atoms with Gasteiger partial charge in [-0.3, -0.25) is 4.79 Å². The van der Waals surface area contributed by atoms with Crippen LogP contribution in [0.1, 0.15) is 45.4 Å². The Morgan fingerprint density at radius 3 is 3.00 bits per heavy atom. The van der Waals surface area contributed by atoms with Crippen LogP contribution in [0.25, 0.3) is 0 Å². The van der Waals surface area contributed by atoms with E-state index in [4.69, 9.17) is 0 Å². The molecule has 1 aliphatic rings. The quantitative estimate of drug-likeness (QED) is 0.603. The van der Waals surface area contributed by atoms with Crippen molar-refractivity contribution < 1.29 is 4.79 Å². The molecule has 0 unspecified atom stereocenters. The van der Waals surface area contributed by atoms with Crippen LogP contribution in [0.4, 0.5) is 0 Å². The largest absolute Gasteiger partial charge is 0.295 e. The van der Waals surface area contributed by atoms with Crippen molar-refractivity contribution in [3.8, 4) is 0 Å². The Bertz CT molecular complexity index is 223. The van der Waals surface area contributed by atoms with Crippen LogP contribution in [0.5, 0.6) is 0 Å². The molecular formula is C12H18O. The third-order valence-corrected chi connectivity index (χ3v) is 2.38. The molecule has 1 heteroatoms. The number of carbonyl (C=O) groups is 1. The van der Waals surface area contributed by atoms with Gasteiger partial charge in [-0.05, 0) is 24.8 Å². The topological polar surface area (TPSA) is 17.1 Å². The Hall–Kier alpha value is -0.850. The molecule has 0 fully saturated rings. The van der Waals surface area contributed by atoms with Crippen molar-refractivity contribution in [2.24, 2.45) is 0 Å². The third kappa shape index (κ3) is 3.58. The average Bonchev–Trinajstić information content (AvgIpc) is 2.32. The number of hydrogen-bond donors (Lipinski definition) is 0. The molecule has 0 aromatic carbocycles. The average molecular weight is 178 g/mol. The van der Waals surface area contributed by atoms with E-state index in [0.717, 1.165) is 24.8 Å². The Kier molecular flexibility index (Phi) is 4.52. The van der Waals surface area contributed by atoms with Gasteiger partial charge in [-0.25, -0.2) is 0 Å². The molecule has 1 nitrogen and oxygen atoms in total. The van der Waals surface area contributed by atoms with Crippen molar-refractivity contribution in [2.75, 3.05) is 0 Å². The van der Waals surface area contributed by atoms with Crippen molar-refractivity contribution in [3.05, 3.63) is 23.8 Å². The molecule has 0 amide bonds. The smallest absolute Gasteiger partial charge is 0.159 e. The maximum atomic E-state index is 11.5. The lowest BCUT2D eigenvalue weighted by molar-refractivity contribution is -0.115. The molecule has 0 saturated heterocycles. The van der Waals surface area contributed by atoms with E-state index in [1.165, 1.54) is 12.8 Å². The molecule has 0 N–H and O–H groups in total. The molecule has 1 aliphatic carbocycles. The molecule has 0 bridgehead atoms. The molecule has 0 aliphatic heterocycles. The maximum absolute atomic E-state index is 11.5. The minimum atomic E-state index is 0.348. The van der Waals surface area contributed by atoms with E-state index in [1.807, 2.05) is 12.2 Å². The van der Waals surface area contributed by atoms with Crippen LogP contribution in [0, 0.1) is 0 Å². The van der Waals surface area contributed by atoms with E-state index in [9.17, 15) is 4.79 Å². The summed E-state index contributed by atoms with van der Waals surface area (Å²) in [5, 5.41) is 0. The van der Waals surface area contributed by atoms with Gasteiger partial charge >= 0.3 is 0 Å². The van der Waals surface area contributed by atoms with Gasteiger partial charge in [0.15, 0.2) is 5.78 Å². The van der Waals surface area contributed by atoms with Gasteiger partial charge in [0, 0.05) is 6.42 Å². The van der Waals surface area contributed by atoms with E-state index >= 15 is 0 Å². The highest BCUT2D eigenvalue weighted by Gasteiger charge is 2.08. The van der Waals surface area contributed by atoms with Crippen LogP contribution < -0.4 is 0 Å². The van der Waals surface area contributed by atoms with Crippen molar-refractivity contribution in [3.63, 3.8) is 0 Å². The Morgan fingerprint density at radius 1 is 1.38 bits per heavy atom.